The van der Waals surface area contributed by atoms with Gasteiger partial charge in [0.2, 0.25) is 5.82 Å². The number of nitro groups is 1. The number of aromatic nitrogens is 2. The number of hydrogen-bond acceptors (Lipinski definition) is 9. The molecule has 0 bridgehead atoms. The number of ether oxygens (including phenoxy) is 3. The fraction of sp³-hybridized carbons (Fsp3) is 0.167. The number of esters is 1. The van der Waals surface area contributed by atoms with E-state index in [2.05, 4.69) is 10.1 Å². The van der Waals surface area contributed by atoms with Gasteiger partial charge in [-0.25, -0.2) is 4.79 Å². The Kier molecular flexibility index (Phi) is 5.49. The van der Waals surface area contributed by atoms with Gasteiger partial charge in [-0.15, -0.1) is 0 Å². The molecule has 0 aliphatic rings. The van der Waals surface area contributed by atoms with Gasteiger partial charge in [-0.05, 0) is 30.3 Å². The summed E-state index contributed by atoms with van der Waals surface area (Å²) in [5, 5.41) is 14.7. The minimum absolute atomic E-state index is 0.0727. The van der Waals surface area contributed by atoms with Gasteiger partial charge in [0.1, 0.15) is 17.1 Å². The molecular formula is C18H15N3O7. The van der Waals surface area contributed by atoms with E-state index in [-0.39, 0.29) is 29.5 Å². The normalized spacial score (nSPS) is 10.4. The summed E-state index contributed by atoms with van der Waals surface area (Å²) in [6.45, 7) is -0.298. The van der Waals surface area contributed by atoms with Crippen LogP contribution in [0.3, 0.4) is 0 Å². The van der Waals surface area contributed by atoms with Crippen molar-refractivity contribution in [2.75, 3.05) is 14.2 Å². The van der Waals surface area contributed by atoms with Crippen molar-refractivity contribution in [3.63, 3.8) is 0 Å². The van der Waals surface area contributed by atoms with Crippen LogP contribution in [0.25, 0.3) is 11.4 Å². The zero-order valence-corrected chi connectivity index (χ0v) is 14.9. The number of carbonyl (C=O) groups excluding carboxylic acids is 1. The summed E-state index contributed by atoms with van der Waals surface area (Å²) in [5.41, 5.74) is 0.362. The van der Waals surface area contributed by atoms with Crippen molar-refractivity contribution in [2.24, 2.45) is 0 Å². The molecular weight excluding hydrogens is 370 g/mol. The first-order chi connectivity index (χ1) is 13.5. The summed E-state index contributed by atoms with van der Waals surface area (Å²) in [6.07, 6.45) is 0. The standard InChI is InChI=1S/C18H15N3O7/c1-25-13-6-3-11(4-7-13)17-19-16(28-20-17)10-27-18(22)14-9-12(21(23)24)5-8-15(14)26-2/h3-9H,10H2,1-2H3. The minimum Gasteiger partial charge on any atom is -0.497 e. The van der Waals surface area contributed by atoms with E-state index < -0.39 is 10.9 Å². The fourth-order valence-corrected chi connectivity index (χ4v) is 2.34. The van der Waals surface area contributed by atoms with Crippen LogP contribution in [0.5, 0.6) is 11.5 Å². The first-order valence-corrected chi connectivity index (χ1v) is 7.98. The van der Waals surface area contributed by atoms with E-state index in [1.54, 1.807) is 31.4 Å². The average Bonchev–Trinajstić information content (AvgIpc) is 3.20. The maximum Gasteiger partial charge on any atom is 0.342 e. The van der Waals surface area contributed by atoms with E-state index in [0.29, 0.717) is 17.1 Å². The molecule has 28 heavy (non-hydrogen) atoms. The Bertz CT molecular complexity index is 999. The Hall–Kier alpha value is -3.95. The first kappa shape index (κ1) is 18.8. The molecule has 0 N–H and O–H groups in total. The number of benzene rings is 2. The van der Waals surface area contributed by atoms with Gasteiger partial charge in [-0.3, -0.25) is 10.1 Å². The molecule has 10 nitrogen and oxygen atoms in total. The van der Waals surface area contributed by atoms with E-state index in [0.717, 1.165) is 6.07 Å². The molecule has 2 aromatic carbocycles. The molecule has 0 saturated heterocycles. The van der Waals surface area contributed by atoms with Crippen molar-refractivity contribution in [1.29, 1.82) is 0 Å². The Labute approximate surface area is 158 Å². The molecule has 0 aliphatic carbocycles. The van der Waals surface area contributed by atoms with Crippen LogP contribution in [-0.4, -0.2) is 35.3 Å². The van der Waals surface area contributed by atoms with Crippen molar-refractivity contribution < 1.29 is 28.5 Å². The number of rotatable bonds is 7. The van der Waals surface area contributed by atoms with Gasteiger partial charge in [0.25, 0.3) is 11.6 Å². The molecule has 0 saturated carbocycles. The maximum atomic E-state index is 12.3. The van der Waals surface area contributed by atoms with Crippen molar-refractivity contribution in [3.05, 3.63) is 64.0 Å². The molecule has 0 amide bonds. The van der Waals surface area contributed by atoms with Crippen molar-refractivity contribution in [1.82, 2.24) is 10.1 Å². The number of carbonyl (C=O) groups is 1. The van der Waals surface area contributed by atoms with Gasteiger partial charge in [0.15, 0.2) is 6.61 Å². The molecule has 0 atom stereocenters. The number of methoxy groups -OCH3 is 2. The first-order valence-electron chi connectivity index (χ1n) is 7.98. The molecule has 10 heteroatoms. The highest BCUT2D eigenvalue weighted by atomic mass is 16.6. The van der Waals surface area contributed by atoms with Crippen LogP contribution in [0.4, 0.5) is 5.69 Å². The smallest absolute Gasteiger partial charge is 0.342 e. The van der Waals surface area contributed by atoms with E-state index in [1.165, 1.54) is 19.2 Å². The van der Waals surface area contributed by atoms with Gasteiger partial charge < -0.3 is 18.7 Å². The van der Waals surface area contributed by atoms with E-state index in [9.17, 15) is 14.9 Å². The molecule has 1 aromatic heterocycles. The second kappa shape index (κ2) is 8.16. The third-order valence-corrected chi connectivity index (χ3v) is 3.76. The number of nitrogens with zero attached hydrogens (tertiary/aromatic N) is 3. The lowest BCUT2D eigenvalue weighted by Gasteiger charge is -2.07. The summed E-state index contributed by atoms with van der Waals surface area (Å²) >= 11 is 0. The van der Waals surface area contributed by atoms with Gasteiger partial charge in [0.05, 0.1) is 19.1 Å². The van der Waals surface area contributed by atoms with Gasteiger partial charge in [-0.1, -0.05) is 5.16 Å². The van der Waals surface area contributed by atoms with Gasteiger partial charge in [0, 0.05) is 17.7 Å². The van der Waals surface area contributed by atoms with Gasteiger partial charge >= 0.3 is 5.97 Å². The Morgan fingerprint density at radius 3 is 2.54 bits per heavy atom. The highest BCUT2D eigenvalue weighted by Crippen LogP contribution is 2.25. The van der Waals surface area contributed by atoms with Crippen LogP contribution in [0, 0.1) is 10.1 Å². The number of hydrogen-bond donors (Lipinski definition) is 0. The van der Waals surface area contributed by atoms with Crippen molar-refractivity contribution in [2.45, 2.75) is 6.61 Å². The average molecular weight is 385 g/mol. The van der Waals surface area contributed by atoms with Crippen LogP contribution >= 0.6 is 0 Å². The SMILES string of the molecule is COc1ccc(-c2noc(COC(=O)c3cc([N+](=O)[O-])ccc3OC)n2)cc1. The van der Waals surface area contributed by atoms with E-state index in [1.807, 2.05) is 0 Å². The predicted molar refractivity (Wildman–Crippen MR) is 95.1 cm³/mol. The second-order valence-corrected chi connectivity index (χ2v) is 5.46. The molecule has 0 aliphatic heterocycles. The highest BCUT2D eigenvalue weighted by Gasteiger charge is 2.20. The Morgan fingerprint density at radius 1 is 1.14 bits per heavy atom. The lowest BCUT2D eigenvalue weighted by molar-refractivity contribution is -0.384. The maximum absolute atomic E-state index is 12.3. The van der Waals surface area contributed by atoms with Crippen LogP contribution in [-0.2, 0) is 11.3 Å². The van der Waals surface area contributed by atoms with Crippen LogP contribution in [0.15, 0.2) is 47.0 Å². The molecule has 3 aromatic rings. The third-order valence-electron chi connectivity index (χ3n) is 3.76. The van der Waals surface area contributed by atoms with Crippen molar-refractivity contribution >= 4 is 11.7 Å². The topological polar surface area (TPSA) is 127 Å². The number of nitro benzene ring substituents is 1. The van der Waals surface area contributed by atoms with Gasteiger partial charge in [-0.2, -0.15) is 4.98 Å². The minimum atomic E-state index is -0.815. The molecule has 0 fully saturated rings. The zero-order valence-electron chi connectivity index (χ0n) is 14.9. The lowest BCUT2D eigenvalue weighted by atomic mass is 10.2. The third kappa shape index (κ3) is 4.06. The van der Waals surface area contributed by atoms with Crippen LogP contribution in [0.1, 0.15) is 16.2 Å². The van der Waals surface area contributed by atoms with Crippen molar-refractivity contribution in [3.8, 4) is 22.9 Å². The summed E-state index contributed by atoms with van der Waals surface area (Å²) in [4.78, 5) is 26.7. The number of non-ortho nitro benzene ring substituents is 1. The Balaban J connectivity index is 1.70. The Morgan fingerprint density at radius 2 is 1.89 bits per heavy atom. The molecule has 1 heterocycles. The summed E-state index contributed by atoms with van der Waals surface area (Å²) in [5.74, 6) is 0.419. The highest BCUT2D eigenvalue weighted by molar-refractivity contribution is 5.93. The molecule has 0 spiro atoms. The van der Waals surface area contributed by atoms with E-state index in [4.69, 9.17) is 18.7 Å². The molecule has 0 unspecified atom stereocenters. The largest absolute Gasteiger partial charge is 0.497 e. The van der Waals surface area contributed by atoms with Crippen LogP contribution in [0.2, 0.25) is 0 Å². The quantitative estimate of drug-likeness (QED) is 0.342. The molecule has 3 rings (SSSR count). The molecule has 0 radical (unpaired) electrons. The predicted octanol–water partition coefficient (Wildman–Crippen LogP) is 3.02. The summed E-state index contributed by atoms with van der Waals surface area (Å²) < 4.78 is 20.3. The lowest BCUT2D eigenvalue weighted by Crippen LogP contribution is -2.08. The molecule has 144 valence electrons. The van der Waals surface area contributed by atoms with Crippen LogP contribution < -0.4 is 9.47 Å². The van der Waals surface area contributed by atoms with E-state index >= 15 is 0 Å². The summed E-state index contributed by atoms with van der Waals surface area (Å²) in [7, 11) is 2.91. The fourth-order valence-electron chi connectivity index (χ4n) is 2.34. The second-order valence-electron chi connectivity index (χ2n) is 5.46. The summed E-state index contributed by atoms with van der Waals surface area (Å²) in [6, 6.07) is 10.6. The zero-order chi connectivity index (χ0) is 20.1. The monoisotopic (exact) mass is 385 g/mol.